The Kier molecular flexibility index (Phi) is 6.37. The second-order valence-electron chi connectivity index (χ2n) is 5.79. The minimum absolute atomic E-state index is 0.186. The predicted octanol–water partition coefficient (Wildman–Crippen LogP) is 1.99. The molecule has 1 aromatic carbocycles. The van der Waals surface area contributed by atoms with Gasteiger partial charge in [0, 0.05) is 12.6 Å². The van der Waals surface area contributed by atoms with E-state index in [0.717, 1.165) is 0 Å². The smallest absolute Gasteiger partial charge is 0.253 e. The molecule has 0 aromatic heterocycles. The van der Waals surface area contributed by atoms with Crippen LogP contribution in [0.2, 0.25) is 0 Å². The Morgan fingerprint density at radius 3 is 2.33 bits per heavy atom. The van der Waals surface area contributed by atoms with E-state index in [1.54, 1.807) is 38.1 Å². The van der Waals surface area contributed by atoms with Gasteiger partial charge in [0.2, 0.25) is 5.91 Å². The van der Waals surface area contributed by atoms with E-state index in [1.165, 1.54) is 0 Å². The van der Waals surface area contributed by atoms with Crippen molar-refractivity contribution in [1.29, 1.82) is 0 Å². The van der Waals surface area contributed by atoms with Crippen molar-refractivity contribution in [3.05, 3.63) is 29.8 Å². The minimum atomic E-state index is -0.322. The molecule has 1 rings (SSSR count). The number of nitrogens with one attached hydrogen (secondary N) is 2. The number of carbonyl (C=O) groups is 2. The van der Waals surface area contributed by atoms with Gasteiger partial charge in [-0.25, -0.2) is 0 Å². The molecule has 116 valence electrons. The van der Waals surface area contributed by atoms with Crippen LogP contribution in [0.25, 0.3) is 0 Å². The number of anilines is 1. The van der Waals surface area contributed by atoms with Crippen LogP contribution in [0, 0.1) is 11.8 Å². The third-order valence-corrected chi connectivity index (χ3v) is 3.30. The van der Waals surface area contributed by atoms with Crippen molar-refractivity contribution in [1.82, 2.24) is 5.32 Å². The second-order valence-corrected chi connectivity index (χ2v) is 5.79. The molecule has 0 aliphatic heterocycles. The first-order valence-electron chi connectivity index (χ1n) is 7.26. The fourth-order valence-corrected chi connectivity index (χ4v) is 1.67. The Bertz CT molecular complexity index is 498. The average molecular weight is 291 g/mol. The average Bonchev–Trinajstić information content (AvgIpc) is 2.44. The Balaban J connectivity index is 2.84. The number of para-hydroxylation sites is 1. The van der Waals surface area contributed by atoms with Gasteiger partial charge in [0.1, 0.15) is 0 Å². The molecule has 2 atom stereocenters. The van der Waals surface area contributed by atoms with Crippen LogP contribution < -0.4 is 16.4 Å². The van der Waals surface area contributed by atoms with Crippen molar-refractivity contribution in [3.63, 3.8) is 0 Å². The Hall–Kier alpha value is -1.88. The number of rotatable bonds is 6. The summed E-state index contributed by atoms with van der Waals surface area (Å²) in [6, 6.07) is 6.73. The Morgan fingerprint density at radius 2 is 1.76 bits per heavy atom. The van der Waals surface area contributed by atoms with E-state index in [0.29, 0.717) is 23.7 Å². The largest absolute Gasteiger partial charge is 0.352 e. The molecule has 0 heterocycles. The molecule has 0 radical (unpaired) electrons. The van der Waals surface area contributed by atoms with Crippen molar-refractivity contribution in [3.8, 4) is 0 Å². The lowest BCUT2D eigenvalue weighted by molar-refractivity contribution is -0.119. The van der Waals surface area contributed by atoms with Gasteiger partial charge in [-0.05, 0) is 25.0 Å². The molecule has 1 aromatic rings. The van der Waals surface area contributed by atoms with Crippen LogP contribution in [0.5, 0.6) is 0 Å². The monoisotopic (exact) mass is 291 g/mol. The number of nitrogens with two attached hydrogens (primary N) is 1. The van der Waals surface area contributed by atoms with Crippen molar-refractivity contribution in [2.24, 2.45) is 17.6 Å². The maximum Gasteiger partial charge on any atom is 0.253 e. The van der Waals surface area contributed by atoms with Gasteiger partial charge in [0.15, 0.2) is 0 Å². The van der Waals surface area contributed by atoms with Gasteiger partial charge in [0.25, 0.3) is 5.91 Å². The molecule has 0 spiro atoms. The molecule has 0 saturated heterocycles. The lowest BCUT2D eigenvalue weighted by Gasteiger charge is -2.17. The molecule has 0 fully saturated rings. The van der Waals surface area contributed by atoms with Crippen LogP contribution >= 0.6 is 0 Å². The summed E-state index contributed by atoms with van der Waals surface area (Å²) in [5, 5.41) is 5.63. The molecular formula is C16H25N3O2. The predicted molar refractivity (Wildman–Crippen MR) is 85.1 cm³/mol. The van der Waals surface area contributed by atoms with E-state index in [4.69, 9.17) is 5.73 Å². The summed E-state index contributed by atoms with van der Waals surface area (Å²) in [5.74, 6) is -0.326. The third-order valence-electron chi connectivity index (χ3n) is 3.30. The number of hydrogen-bond acceptors (Lipinski definition) is 3. The summed E-state index contributed by atoms with van der Waals surface area (Å²) in [6.07, 6.45) is 0. The molecule has 0 saturated carbocycles. The first-order chi connectivity index (χ1) is 9.82. The van der Waals surface area contributed by atoms with Crippen LogP contribution in [0.1, 0.15) is 38.1 Å². The van der Waals surface area contributed by atoms with Crippen LogP contribution in [-0.2, 0) is 4.79 Å². The quantitative estimate of drug-likeness (QED) is 0.749. The topological polar surface area (TPSA) is 84.2 Å². The fraction of sp³-hybridized carbons (Fsp3) is 0.500. The third kappa shape index (κ3) is 5.19. The lowest BCUT2D eigenvalue weighted by Crippen LogP contribution is -2.35. The molecule has 5 nitrogen and oxygen atoms in total. The molecule has 2 unspecified atom stereocenters. The summed E-state index contributed by atoms with van der Waals surface area (Å²) in [4.78, 5) is 24.2. The highest BCUT2D eigenvalue weighted by Gasteiger charge is 2.19. The Labute approximate surface area is 126 Å². The molecule has 21 heavy (non-hydrogen) atoms. The molecule has 0 bridgehead atoms. The van der Waals surface area contributed by atoms with Gasteiger partial charge in [-0.2, -0.15) is 0 Å². The highest BCUT2D eigenvalue weighted by Crippen LogP contribution is 2.16. The van der Waals surface area contributed by atoms with Crippen LogP contribution in [0.4, 0.5) is 5.69 Å². The first kappa shape index (κ1) is 17.2. The van der Waals surface area contributed by atoms with Crippen LogP contribution in [0.15, 0.2) is 24.3 Å². The zero-order valence-corrected chi connectivity index (χ0v) is 13.1. The van der Waals surface area contributed by atoms with Crippen LogP contribution in [0.3, 0.4) is 0 Å². The molecule has 0 aliphatic carbocycles. The van der Waals surface area contributed by atoms with E-state index < -0.39 is 0 Å². The van der Waals surface area contributed by atoms with E-state index in [1.807, 2.05) is 13.8 Å². The van der Waals surface area contributed by atoms with Gasteiger partial charge in [-0.1, -0.05) is 32.9 Å². The molecule has 2 amide bonds. The van der Waals surface area contributed by atoms with Gasteiger partial charge in [-0.3, -0.25) is 9.59 Å². The van der Waals surface area contributed by atoms with Gasteiger partial charge in [0.05, 0.1) is 17.2 Å². The summed E-state index contributed by atoms with van der Waals surface area (Å²) in [7, 11) is 0. The number of hydrogen-bond donors (Lipinski definition) is 3. The van der Waals surface area contributed by atoms with Gasteiger partial charge >= 0.3 is 0 Å². The SMILES string of the molecule is CC(C)CNC(=O)c1ccccc1NC(=O)C(C)C(C)N. The maximum absolute atomic E-state index is 12.2. The molecule has 0 aliphatic rings. The summed E-state index contributed by atoms with van der Waals surface area (Å²) in [6.45, 7) is 8.20. The standard InChI is InChI=1S/C16H25N3O2/c1-10(2)9-18-16(21)13-7-5-6-8-14(13)19-15(20)11(3)12(4)17/h5-8,10-12H,9,17H2,1-4H3,(H,18,21)(H,19,20). The van der Waals surface area contributed by atoms with Gasteiger partial charge in [-0.15, -0.1) is 0 Å². The van der Waals surface area contributed by atoms with Crippen LogP contribution in [-0.4, -0.2) is 24.4 Å². The highest BCUT2D eigenvalue weighted by molar-refractivity contribution is 6.04. The summed E-state index contributed by atoms with van der Waals surface area (Å²) < 4.78 is 0. The Morgan fingerprint density at radius 1 is 1.14 bits per heavy atom. The van der Waals surface area contributed by atoms with E-state index >= 15 is 0 Å². The zero-order chi connectivity index (χ0) is 16.0. The molecule has 5 heteroatoms. The van der Waals surface area contributed by atoms with Crippen molar-refractivity contribution in [2.45, 2.75) is 33.7 Å². The molecule has 4 N–H and O–H groups in total. The first-order valence-corrected chi connectivity index (χ1v) is 7.26. The lowest BCUT2D eigenvalue weighted by atomic mass is 10.0. The summed E-state index contributed by atoms with van der Waals surface area (Å²) in [5.41, 5.74) is 6.70. The zero-order valence-electron chi connectivity index (χ0n) is 13.1. The second kappa shape index (κ2) is 7.78. The number of carbonyl (C=O) groups excluding carboxylic acids is 2. The van der Waals surface area contributed by atoms with Crippen molar-refractivity contribution >= 4 is 17.5 Å². The van der Waals surface area contributed by atoms with Gasteiger partial charge < -0.3 is 16.4 Å². The highest BCUT2D eigenvalue weighted by atomic mass is 16.2. The van der Waals surface area contributed by atoms with Crippen molar-refractivity contribution in [2.75, 3.05) is 11.9 Å². The van der Waals surface area contributed by atoms with E-state index in [9.17, 15) is 9.59 Å². The fourth-order valence-electron chi connectivity index (χ4n) is 1.67. The number of amides is 2. The normalized spacial score (nSPS) is 13.6. The number of benzene rings is 1. The minimum Gasteiger partial charge on any atom is -0.352 e. The van der Waals surface area contributed by atoms with Crippen molar-refractivity contribution < 1.29 is 9.59 Å². The maximum atomic E-state index is 12.2. The summed E-state index contributed by atoms with van der Waals surface area (Å²) >= 11 is 0. The van der Waals surface area contributed by atoms with E-state index in [2.05, 4.69) is 10.6 Å². The molecular weight excluding hydrogens is 266 g/mol. The van der Waals surface area contributed by atoms with E-state index in [-0.39, 0.29) is 23.8 Å².